The van der Waals surface area contributed by atoms with Gasteiger partial charge in [-0.1, -0.05) is 42.5 Å². The van der Waals surface area contributed by atoms with Crippen molar-refractivity contribution in [3.63, 3.8) is 0 Å². The third-order valence-electron chi connectivity index (χ3n) is 6.02. The van der Waals surface area contributed by atoms with Crippen LogP contribution in [0.25, 0.3) is 11.4 Å². The summed E-state index contributed by atoms with van der Waals surface area (Å²) in [5.74, 6) is -2.06. The monoisotopic (exact) mass is 490 g/mol. The summed E-state index contributed by atoms with van der Waals surface area (Å²) >= 11 is 0. The molecule has 0 saturated carbocycles. The Morgan fingerprint density at radius 1 is 1.06 bits per heavy atom. The molecule has 4 rings (SSSR count). The summed E-state index contributed by atoms with van der Waals surface area (Å²) < 4.78 is 0. The Kier molecular flexibility index (Phi) is 7.28. The fourth-order valence-electron chi connectivity index (χ4n) is 4.01. The molecule has 1 aromatic heterocycles. The van der Waals surface area contributed by atoms with Crippen LogP contribution >= 0.6 is 0 Å². The number of nitrogens with two attached hydrogens (primary N) is 1. The Bertz CT molecular complexity index is 1330. The maximum Gasteiger partial charge on any atom is 0.314 e. The standard InChI is InChI=1S/C25H26N6O5/c26-25(36)31-12-10-16(11-13-31)22(33)28-18-9-5-4-8-17(18)21-29-19(20(32)24(35)30-21)23(34)27-14-15-6-2-1-3-7-15/h1-9,16,32H,10-14H2,(H2,26,36)(H,27,34)(H,28,33)(H,29,30,35). The first-order chi connectivity index (χ1) is 17.3. The van der Waals surface area contributed by atoms with E-state index in [1.54, 1.807) is 24.3 Å². The van der Waals surface area contributed by atoms with Gasteiger partial charge in [0.25, 0.3) is 11.5 Å². The summed E-state index contributed by atoms with van der Waals surface area (Å²) in [4.78, 5) is 57.5. The predicted octanol–water partition coefficient (Wildman–Crippen LogP) is 1.80. The van der Waals surface area contributed by atoms with Gasteiger partial charge in [0.1, 0.15) is 5.82 Å². The number of aromatic hydroxyl groups is 1. The minimum atomic E-state index is -0.884. The summed E-state index contributed by atoms with van der Waals surface area (Å²) in [5.41, 5.74) is 5.58. The molecule has 1 fully saturated rings. The highest BCUT2D eigenvalue weighted by Crippen LogP contribution is 2.27. The van der Waals surface area contributed by atoms with E-state index in [4.69, 9.17) is 5.73 Å². The first-order valence-corrected chi connectivity index (χ1v) is 11.4. The zero-order valence-corrected chi connectivity index (χ0v) is 19.4. The molecular formula is C25H26N6O5. The third-order valence-corrected chi connectivity index (χ3v) is 6.02. The van der Waals surface area contributed by atoms with Gasteiger partial charge in [0.05, 0.1) is 5.69 Å². The lowest BCUT2D eigenvalue weighted by Crippen LogP contribution is -2.43. The van der Waals surface area contributed by atoms with Crippen molar-refractivity contribution in [3.8, 4) is 17.1 Å². The lowest BCUT2D eigenvalue weighted by Gasteiger charge is -2.30. The largest absolute Gasteiger partial charge is 0.501 e. The topological polar surface area (TPSA) is 171 Å². The van der Waals surface area contributed by atoms with Crippen molar-refractivity contribution in [3.05, 3.63) is 76.2 Å². The number of hydrogen-bond acceptors (Lipinski definition) is 6. The van der Waals surface area contributed by atoms with E-state index in [2.05, 4.69) is 20.6 Å². The highest BCUT2D eigenvalue weighted by atomic mass is 16.3. The lowest BCUT2D eigenvalue weighted by molar-refractivity contribution is -0.121. The molecule has 0 aliphatic carbocycles. The van der Waals surface area contributed by atoms with E-state index >= 15 is 0 Å². The van der Waals surface area contributed by atoms with Gasteiger partial charge in [0.2, 0.25) is 11.7 Å². The number of hydrogen-bond donors (Lipinski definition) is 5. The molecule has 0 bridgehead atoms. The zero-order chi connectivity index (χ0) is 25.7. The first-order valence-electron chi connectivity index (χ1n) is 11.4. The van der Waals surface area contributed by atoms with Crippen LogP contribution in [0.15, 0.2) is 59.4 Å². The number of likely N-dealkylation sites (tertiary alicyclic amines) is 1. The number of nitrogens with one attached hydrogen (secondary N) is 3. The molecule has 186 valence electrons. The maximum atomic E-state index is 12.9. The average molecular weight is 491 g/mol. The van der Waals surface area contributed by atoms with Gasteiger partial charge >= 0.3 is 6.03 Å². The Balaban J connectivity index is 1.54. The number of nitrogens with zero attached hydrogens (tertiary/aromatic N) is 2. The van der Waals surface area contributed by atoms with E-state index < -0.39 is 28.9 Å². The molecular weight excluding hydrogens is 464 g/mol. The minimum absolute atomic E-state index is 0.0158. The van der Waals surface area contributed by atoms with E-state index in [0.717, 1.165) is 5.56 Å². The molecule has 0 unspecified atom stereocenters. The minimum Gasteiger partial charge on any atom is -0.501 e. The number of aromatic amines is 1. The van der Waals surface area contributed by atoms with Crippen molar-refractivity contribution in [1.82, 2.24) is 20.2 Å². The smallest absolute Gasteiger partial charge is 0.314 e. The fraction of sp³-hybridized carbons (Fsp3) is 0.240. The average Bonchev–Trinajstić information content (AvgIpc) is 2.89. The van der Waals surface area contributed by atoms with Crippen molar-refractivity contribution >= 4 is 23.5 Å². The van der Waals surface area contributed by atoms with Crippen LogP contribution in [0.1, 0.15) is 28.9 Å². The fourth-order valence-corrected chi connectivity index (χ4v) is 4.01. The van der Waals surface area contributed by atoms with Crippen LogP contribution in [0.3, 0.4) is 0 Å². The quantitative estimate of drug-likeness (QED) is 0.353. The number of aromatic nitrogens is 2. The van der Waals surface area contributed by atoms with Crippen molar-refractivity contribution in [1.29, 1.82) is 0 Å². The van der Waals surface area contributed by atoms with Crippen LogP contribution < -0.4 is 21.9 Å². The predicted molar refractivity (Wildman–Crippen MR) is 132 cm³/mol. The molecule has 4 amide bonds. The van der Waals surface area contributed by atoms with E-state index in [9.17, 15) is 24.3 Å². The first kappa shape index (κ1) is 24.5. The molecule has 1 aliphatic heterocycles. The summed E-state index contributed by atoms with van der Waals surface area (Å²) in [7, 11) is 0. The van der Waals surface area contributed by atoms with Crippen LogP contribution in [-0.4, -0.2) is 50.9 Å². The SMILES string of the molecule is NC(=O)N1CCC(C(=O)Nc2ccccc2-c2nc(C(=O)NCc3ccccc3)c(O)c(=O)[nH]2)CC1. The van der Waals surface area contributed by atoms with Crippen molar-refractivity contribution in [2.24, 2.45) is 11.7 Å². The Morgan fingerprint density at radius 2 is 1.72 bits per heavy atom. The van der Waals surface area contributed by atoms with Crippen LogP contribution in [0, 0.1) is 5.92 Å². The molecule has 2 heterocycles. The van der Waals surface area contributed by atoms with Crippen LogP contribution in [0.5, 0.6) is 5.75 Å². The van der Waals surface area contributed by atoms with Gasteiger partial charge in [-0.3, -0.25) is 14.4 Å². The van der Waals surface area contributed by atoms with Gasteiger partial charge in [-0.05, 0) is 30.5 Å². The molecule has 0 spiro atoms. The highest BCUT2D eigenvalue weighted by molar-refractivity contribution is 5.97. The third kappa shape index (κ3) is 5.52. The number of para-hydroxylation sites is 1. The van der Waals surface area contributed by atoms with Crippen molar-refractivity contribution < 1.29 is 19.5 Å². The number of H-pyrrole nitrogens is 1. The number of amides is 4. The van der Waals surface area contributed by atoms with Crippen LogP contribution in [-0.2, 0) is 11.3 Å². The van der Waals surface area contributed by atoms with E-state index in [1.807, 2.05) is 30.3 Å². The summed E-state index contributed by atoms with van der Waals surface area (Å²) in [6.07, 6.45) is 0.938. The molecule has 0 atom stereocenters. The van der Waals surface area contributed by atoms with Gasteiger partial charge in [-0.15, -0.1) is 0 Å². The Morgan fingerprint density at radius 3 is 2.42 bits per heavy atom. The number of urea groups is 1. The molecule has 11 nitrogen and oxygen atoms in total. The van der Waals surface area contributed by atoms with Crippen LogP contribution in [0.4, 0.5) is 10.5 Å². The van der Waals surface area contributed by atoms with E-state index in [0.29, 0.717) is 37.2 Å². The van der Waals surface area contributed by atoms with Gasteiger partial charge in [0, 0.05) is 31.1 Å². The Labute approximate surface area is 206 Å². The highest BCUT2D eigenvalue weighted by Gasteiger charge is 2.27. The second-order valence-electron chi connectivity index (χ2n) is 8.41. The number of piperidine rings is 1. The molecule has 11 heteroatoms. The van der Waals surface area contributed by atoms with E-state index in [-0.39, 0.29) is 24.2 Å². The maximum absolute atomic E-state index is 12.9. The lowest BCUT2D eigenvalue weighted by atomic mass is 9.96. The number of anilines is 1. The summed E-state index contributed by atoms with van der Waals surface area (Å²) in [6, 6.07) is 15.3. The number of carbonyl (C=O) groups is 3. The molecule has 1 saturated heterocycles. The van der Waals surface area contributed by atoms with E-state index in [1.165, 1.54) is 4.90 Å². The van der Waals surface area contributed by atoms with Gasteiger partial charge < -0.3 is 31.4 Å². The van der Waals surface area contributed by atoms with Crippen LogP contribution in [0.2, 0.25) is 0 Å². The van der Waals surface area contributed by atoms with Gasteiger partial charge in [0.15, 0.2) is 5.69 Å². The zero-order valence-electron chi connectivity index (χ0n) is 19.4. The summed E-state index contributed by atoms with van der Waals surface area (Å²) in [6.45, 7) is 0.969. The Hall–Kier alpha value is -4.67. The number of carbonyl (C=O) groups excluding carboxylic acids is 3. The van der Waals surface area contributed by atoms with Crippen molar-refractivity contribution in [2.75, 3.05) is 18.4 Å². The molecule has 0 radical (unpaired) electrons. The number of primary amides is 1. The molecule has 2 aromatic carbocycles. The number of rotatable bonds is 6. The summed E-state index contributed by atoms with van der Waals surface area (Å²) in [5, 5.41) is 15.7. The second-order valence-corrected chi connectivity index (χ2v) is 8.41. The molecule has 3 aromatic rings. The van der Waals surface area contributed by atoms with Gasteiger partial charge in [-0.25, -0.2) is 9.78 Å². The normalized spacial score (nSPS) is 13.7. The molecule has 1 aliphatic rings. The number of benzene rings is 2. The molecule has 36 heavy (non-hydrogen) atoms. The second kappa shape index (κ2) is 10.7. The van der Waals surface area contributed by atoms with Crippen molar-refractivity contribution in [2.45, 2.75) is 19.4 Å². The van der Waals surface area contributed by atoms with Gasteiger partial charge in [-0.2, -0.15) is 0 Å². The molecule has 6 N–H and O–H groups in total.